The van der Waals surface area contributed by atoms with Crippen LogP contribution in [-0.4, -0.2) is 0 Å². The quantitative estimate of drug-likeness (QED) is 0.342. The number of rotatable bonds is 0. The summed E-state index contributed by atoms with van der Waals surface area (Å²) in [6.45, 7) is 0. The molecule has 0 aliphatic carbocycles. The molecule has 62 valence electrons. The van der Waals surface area contributed by atoms with E-state index in [-0.39, 0.29) is 22.4 Å². The van der Waals surface area contributed by atoms with Gasteiger partial charge in [-0.25, -0.2) is 0 Å². The summed E-state index contributed by atoms with van der Waals surface area (Å²) in [6.07, 6.45) is 0. The fraction of sp³-hybridized carbons (Fsp3) is 0. The molecule has 0 fully saturated rings. The minimum absolute atomic E-state index is 0. The molecule has 0 aliphatic rings. The van der Waals surface area contributed by atoms with Crippen molar-refractivity contribution in [2.75, 3.05) is 0 Å². The summed E-state index contributed by atoms with van der Waals surface area (Å²) in [5, 5.41) is 0. The molecule has 0 unspecified atom stereocenters. The van der Waals surface area contributed by atoms with Crippen LogP contribution in [0.4, 0.5) is 0 Å². The Kier molecular flexibility index (Phi) is 175. The third kappa shape index (κ3) is 42.6. The van der Waals surface area contributed by atoms with Crippen LogP contribution in [-0.2, 0) is 79.9 Å². The van der Waals surface area contributed by atoms with E-state index in [0.29, 0.717) is 0 Å². The zero-order valence-electron chi connectivity index (χ0n) is 2.43. The van der Waals surface area contributed by atoms with Crippen LogP contribution in [0.15, 0.2) is 0 Å². The molecule has 0 saturated heterocycles. The van der Waals surface area contributed by atoms with Crippen LogP contribution in [0.1, 0.15) is 0 Å². The van der Waals surface area contributed by atoms with Crippen molar-refractivity contribution in [2.24, 2.45) is 0 Å². The molecule has 0 rings (SSSR count). The molecule has 7 heteroatoms. The van der Waals surface area contributed by atoms with Gasteiger partial charge in [0.15, 0.2) is 0 Å². The molecule has 0 aromatic rings. The molecule has 0 N–H and O–H groups in total. The van der Waals surface area contributed by atoms with Gasteiger partial charge in [0.1, 0.15) is 0 Å². The van der Waals surface area contributed by atoms with Crippen LogP contribution in [0.25, 0.3) is 0 Å². The first kappa shape index (κ1) is 22.4. The summed E-state index contributed by atoms with van der Waals surface area (Å²) in [6, 6.07) is 0. The second-order valence-corrected chi connectivity index (χ2v) is 0. The fourth-order valence-corrected chi connectivity index (χ4v) is 0. The van der Waals surface area contributed by atoms with Gasteiger partial charge in [-0.3, -0.25) is 0 Å². The summed E-state index contributed by atoms with van der Waals surface area (Å²) in [5.74, 6) is 0. The van der Waals surface area contributed by atoms with Crippen molar-refractivity contribution in [1.82, 2.24) is 0 Å². The average molecular weight is 884 g/mol. The van der Waals surface area contributed by atoms with Crippen molar-refractivity contribution in [1.29, 1.82) is 0 Å². The molecule has 0 atom stereocenters. The Labute approximate surface area is 106 Å². The van der Waals surface area contributed by atoms with Gasteiger partial charge in [0.2, 0.25) is 0 Å². The van der Waals surface area contributed by atoms with E-state index in [1.807, 2.05) is 57.6 Å². The summed E-state index contributed by atoms with van der Waals surface area (Å²) in [5.41, 5.74) is 0. The third-order valence-corrected chi connectivity index (χ3v) is 0. The molecule has 0 aliphatic heterocycles. The second kappa shape index (κ2) is 54.5. The first-order valence-corrected chi connectivity index (χ1v) is 9.07. The first-order chi connectivity index (χ1) is 3.00. The molecule has 7 heavy (non-hydrogen) atoms. The van der Waals surface area contributed by atoms with Gasteiger partial charge in [-0.2, -0.15) is 0 Å². The van der Waals surface area contributed by atoms with E-state index in [9.17, 15) is 0 Å². The van der Waals surface area contributed by atoms with E-state index in [1.165, 1.54) is 0 Å². The SMILES string of the molecule is [Au+3].[S]=[Au-].[S]=[Au-].[S]=[Au-]. The predicted octanol–water partition coefficient (Wildman–Crippen LogP) is 1.93. The number of hydrogen-bond acceptors (Lipinski definition) is 3. The van der Waals surface area contributed by atoms with E-state index in [1.54, 1.807) is 0 Å². The Morgan fingerprint density at radius 3 is 0.571 bits per heavy atom. The maximum atomic E-state index is 4.03. The van der Waals surface area contributed by atoms with Crippen molar-refractivity contribution in [3.05, 3.63) is 0 Å². The standard InChI is InChI=1S/4Au.3S/q3*-1;+3;;;. The van der Waals surface area contributed by atoms with Gasteiger partial charge in [-0.05, 0) is 0 Å². The van der Waals surface area contributed by atoms with Crippen molar-refractivity contribution < 1.29 is 79.9 Å². The van der Waals surface area contributed by atoms with E-state index in [2.05, 4.69) is 28.7 Å². The van der Waals surface area contributed by atoms with Gasteiger partial charge in [0.25, 0.3) is 0 Å². The van der Waals surface area contributed by atoms with Gasteiger partial charge in [0.05, 0.1) is 0 Å². The molecule has 0 aromatic heterocycles. The third-order valence-electron chi connectivity index (χ3n) is 0. The van der Waals surface area contributed by atoms with E-state index >= 15 is 0 Å². The summed E-state index contributed by atoms with van der Waals surface area (Å²) in [4.78, 5) is 0. The van der Waals surface area contributed by atoms with Crippen LogP contribution in [0, 0.1) is 0 Å². The van der Waals surface area contributed by atoms with E-state index in [0.717, 1.165) is 0 Å². The molecule has 0 spiro atoms. The van der Waals surface area contributed by atoms with Crippen molar-refractivity contribution in [2.45, 2.75) is 0 Å². The maximum absolute atomic E-state index is 4.03. The van der Waals surface area contributed by atoms with E-state index in [4.69, 9.17) is 0 Å². The predicted molar refractivity (Wildman–Crippen MR) is 22.8 cm³/mol. The van der Waals surface area contributed by atoms with Crippen LogP contribution < -0.4 is 0 Å². The molecule has 0 amide bonds. The fourth-order valence-electron chi connectivity index (χ4n) is 0. The molecule has 0 saturated carbocycles. The molecule has 0 aromatic carbocycles. The van der Waals surface area contributed by atoms with Crippen LogP contribution >= 0.6 is 28.7 Å². The van der Waals surface area contributed by atoms with Gasteiger partial charge in [-0.15, -0.1) is 0 Å². The molecule has 0 heterocycles. The molecular weight excluding hydrogens is 884 g/mol. The van der Waals surface area contributed by atoms with Crippen molar-refractivity contribution in [3.63, 3.8) is 0 Å². The normalized spacial score (nSPS) is 2.57. The van der Waals surface area contributed by atoms with Crippen molar-refractivity contribution in [3.8, 4) is 0 Å². The molecular formula is Au4S3. The van der Waals surface area contributed by atoms with Gasteiger partial charge < -0.3 is 0 Å². The zero-order valence-corrected chi connectivity index (χ0v) is 13.5. The van der Waals surface area contributed by atoms with Gasteiger partial charge >= 0.3 is 109 Å². The summed E-state index contributed by atoms with van der Waals surface area (Å²) >= 11 is 5.58. The zero-order chi connectivity index (χ0) is 6.00. The molecule has 0 nitrogen and oxygen atoms in total. The second-order valence-electron chi connectivity index (χ2n) is 0. The number of hydrogen-bond donors (Lipinski definition) is 0. The molecule has 0 bridgehead atoms. The average Bonchev–Trinajstić information content (AvgIpc) is 1.81. The Bertz CT molecular complexity index is 11.7. The Morgan fingerprint density at radius 1 is 0.571 bits per heavy atom. The Balaban J connectivity index is -0.00000000900. The van der Waals surface area contributed by atoms with Gasteiger partial charge in [-0.1, -0.05) is 0 Å². The monoisotopic (exact) mass is 884 g/mol. The van der Waals surface area contributed by atoms with Crippen LogP contribution in [0.2, 0.25) is 0 Å². The topological polar surface area (TPSA) is 0 Å². The minimum atomic E-state index is 0. The Morgan fingerprint density at radius 2 is 0.571 bits per heavy atom. The van der Waals surface area contributed by atoms with Crippen LogP contribution in [0.5, 0.6) is 0 Å². The van der Waals surface area contributed by atoms with Crippen LogP contribution in [0.3, 0.4) is 0 Å². The van der Waals surface area contributed by atoms with E-state index < -0.39 is 0 Å². The summed E-state index contributed by atoms with van der Waals surface area (Å²) in [7, 11) is 12.1. The van der Waals surface area contributed by atoms with Gasteiger partial charge in [0, 0.05) is 0 Å². The van der Waals surface area contributed by atoms with Crippen molar-refractivity contribution >= 4 is 28.7 Å². The molecule has 0 radical (unpaired) electrons. The Hall–Kier alpha value is 3.62. The first-order valence-electron chi connectivity index (χ1n) is 0.369. The summed E-state index contributed by atoms with van der Waals surface area (Å²) < 4.78 is 0.